The van der Waals surface area contributed by atoms with Crippen molar-refractivity contribution in [2.75, 3.05) is 6.54 Å². The normalized spacial score (nSPS) is 10.4. The SMILES string of the molecule is O=C(NCCn1cc(C(=O)O)nn1)c1cc(Cl)cc(Br)c1. The van der Waals surface area contributed by atoms with Crippen molar-refractivity contribution in [1.29, 1.82) is 0 Å². The molecular formula is C12H10BrClN4O3. The standard InChI is InChI=1S/C12H10BrClN4O3/c13-8-3-7(4-9(14)5-8)11(19)15-1-2-18-6-10(12(20)21)16-17-18/h3-6H,1-2H2,(H,15,19)(H,20,21). The molecule has 9 heteroatoms. The van der Waals surface area contributed by atoms with Gasteiger partial charge in [-0.2, -0.15) is 0 Å². The van der Waals surface area contributed by atoms with Gasteiger partial charge >= 0.3 is 5.97 Å². The molecule has 0 aliphatic carbocycles. The Morgan fingerprint density at radius 1 is 1.38 bits per heavy atom. The number of halogens is 2. The van der Waals surface area contributed by atoms with E-state index in [4.69, 9.17) is 16.7 Å². The first-order chi connectivity index (χ1) is 9.95. The Bertz CT molecular complexity index is 669. The van der Waals surface area contributed by atoms with E-state index in [1.165, 1.54) is 10.9 Å². The van der Waals surface area contributed by atoms with Crippen molar-refractivity contribution in [2.24, 2.45) is 0 Å². The minimum Gasteiger partial charge on any atom is -0.476 e. The van der Waals surface area contributed by atoms with Crippen molar-refractivity contribution in [3.05, 3.63) is 45.1 Å². The molecule has 0 saturated carbocycles. The summed E-state index contributed by atoms with van der Waals surface area (Å²) in [6.07, 6.45) is 1.30. The van der Waals surface area contributed by atoms with Gasteiger partial charge < -0.3 is 10.4 Å². The second-order valence-electron chi connectivity index (χ2n) is 4.09. The summed E-state index contributed by atoms with van der Waals surface area (Å²) in [7, 11) is 0. The molecule has 2 N–H and O–H groups in total. The van der Waals surface area contributed by atoms with Crippen molar-refractivity contribution in [2.45, 2.75) is 6.54 Å². The highest BCUT2D eigenvalue weighted by atomic mass is 79.9. The number of aromatic nitrogens is 3. The molecule has 7 nitrogen and oxygen atoms in total. The second-order valence-corrected chi connectivity index (χ2v) is 5.44. The van der Waals surface area contributed by atoms with E-state index in [1.807, 2.05) is 0 Å². The lowest BCUT2D eigenvalue weighted by Crippen LogP contribution is -2.27. The molecule has 0 atom stereocenters. The third kappa shape index (κ3) is 4.27. The average molecular weight is 374 g/mol. The number of carboxylic acid groups (broad SMARTS) is 1. The van der Waals surface area contributed by atoms with Crippen molar-refractivity contribution in [1.82, 2.24) is 20.3 Å². The predicted octanol–water partition coefficient (Wildman–Crippen LogP) is 1.82. The van der Waals surface area contributed by atoms with Gasteiger partial charge in [0.2, 0.25) is 0 Å². The smallest absolute Gasteiger partial charge is 0.358 e. The Morgan fingerprint density at radius 3 is 2.76 bits per heavy atom. The fourth-order valence-electron chi connectivity index (χ4n) is 1.58. The number of carbonyl (C=O) groups excluding carboxylic acids is 1. The molecule has 1 amide bonds. The Balaban J connectivity index is 1.90. The Hall–Kier alpha value is -1.93. The van der Waals surface area contributed by atoms with Gasteiger partial charge in [0.25, 0.3) is 5.91 Å². The highest BCUT2D eigenvalue weighted by molar-refractivity contribution is 9.10. The largest absolute Gasteiger partial charge is 0.476 e. The van der Waals surface area contributed by atoms with E-state index in [0.29, 0.717) is 21.6 Å². The maximum absolute atomic E-state index is 11.9. The third-order valence-corrected chi connectivity index (χ3v) is 3.19. The van der Waals surface area contributed by atoms with Crippen LogP contribution >= 0.6 is 27.5 Å². The fraction of sp³-hybridized carbons (Fsp3) is 0.167. The number of hydrogen-bond donors (Lipinski definition) is 2. The van der Waals surface area contributed by atoms with Crippen LogP contribution in [0.2, 0.25) is 5.02 Å². The molecule has 2 aromatic rings. The summed E-state index contributed by atoms with van der Waals surface area (Å²) in [6.45, 7) is 0.596. The number of amides is 1. The van der Waals surface area contributed by atoms with Crippen LogP contribution in [-0.4, -0.2) is 38.5 Å². The van der Waals surface area contributed by atoms with Gasteiger partial charge in [-0.3, -0.25) is 4.79 Å². The van der Waals surface area contributed by atoms with Crippen LogP contribution in [0, 0.1) is 0 Å². The lowest BCUT2D eigenvalue weighted by molar-refractivity contribution is 0.0690. The van der Waals surface area contributed by atoms with Crippen LogP contribution in [0.4, 0.5) is 0 Å². The molecule has 0 fully saturated rings. The summed E-state index contributed by atoms with van der Waals surface area (Å²) in [5.41, 5.74) is 0.291. The summed E-state index contributed by atoms with van der Waals surface area (Å²) in [5.74, 6) is -1.43. The fourth-order valence-corrected chi connectivity index (χ4v) is 2.44. The maximum atomic E-state index is 11.9. The number of rotatable bonds is 5. The molecule has 1 aromatic carbocycles. The van der Waals surface area contributed by atoms with Gasteiger partial charge in [-0.25, -0.2) is 9.48 Å². The molecule has 0 unspecified atom stereocenters. The quantitative estimate of drug-likeness (QED) is 0.833. The third-order valence-electron chi connectivity index (χ3n) is 2.51. The van der Waals surface area contributed by atoms with Crippen molar-refractivity contribution in [3.63, 3.8) is 0 Å². The minimum atomic E-state index is -1.14. The summed E-state index contributed by atoms with van der Waals surface area (Å²) < 4.78 is 2.06. The van der Waals surface area contributed by atoms with Gasteiger partial charge in [-0.1, -0.05) is 32.7 Å². The number of benzene rings is 1. The first-order valence-corrected chi connectivity index (χ1v) is 7.00. The molecule has 0 aliphatic heterocycles. The lowest BCUT2D eigenvalue weighted by atomic mass is 10.2. The maximum Gasteiger partial charge on any atom is 0.358 e. The van der Waals surface area contributed by atoms with Crippen molar-refractivity contribution < 1.29 is 14.7 Å². The number of carbonyl (C=O) groups is 2. The number of nitrogens with zero attached hydrogens (tertiary/aromatic N) is 3. The molecule has 2 rings (SSSR count). The number of nitrogens with one attached hydrogen (secondary N) is 1. The number of hydrogen-bond acceptors (Lipinski definition) is 4. The highest BCUT2D eigenvalue weighted by Crippen LogP contribution is 2.19. The zero-order valence-electron chi connectivity index (χ0n) is 10.6. The summed E-state index contributed by atoms with van der Waals surface area (Å²) >= 11 is 9.13. The highest BCUT2D eigenvalue weighted by Gasteiger charge is 2.09. The zero-order chi connectivity index (χ0) is 15.4. The first-order valence-electron chi connectivity index (χ1n) is 5.83. The minimum absolute atomic E-state index is 0.139. The van der Waals surface area contributed by atoms with E-state index >= 15 is 0 Å². The van der Waals surface area contributed by atoms with E-state index in [0.717, 1.165) is 0 Å². The van der Waals surface area contributed by atoms with Crippen LogP contribution in [0.5, 0.6) is 0 Å². The van der Waals surface area contributed by atoms with Crippen LogP contribution in [0.3, 0.4) is 0 Å². The molecular weight excluding hydrogens is 364 g/mol. The first kappa shape index (κ1) is 15.5. The van der Waals surface area contributed by atoms with Crippen LogP contribution in [-0.2, 0) is 6.54 Å². The Labute approximate surface area is 133 Å². The second kappa shape index (κ2) is 6.68. The van der Waals surface area contributed by atoms with E-state index < -0.39 is 5.97 Å². The Kier molecular flexibility index (Phi) is 4.92. The summed E-state index contributed by atoms with van der Waals surface area (Å²) in [6, 6.07) is 4.89. The van der Waals surface area contributed by atoms with Crippen LogP contribution in [0.15, 0.2) is 28.9 Å². The van der Waals surface area contributed by atoms with Gasteiger partial charge in [-0.05, 0) is 18.2 Å². The molecule has 21 heavy (non-hydrogen) atoms. The molecule has 0 spiro atoms. The monoisotopic (exact) mass is 372 g/mol. The van der Waals surface area contributed by atoms with Crippen LogP contribution in [0.1, 0.15) is 20.8 Å². The molecule has 0 aliphatic rings. The van der Waals surface area contributed by atoms with Gasteiger partial charge in [-0.15, -0.1) is 5.10 Å². The van der Waals surface area contributed by atoms with Crippen molar-refractivity contribution >= 4 is 39.4 Å². The molecule has 0 saturated heterocycles. The van der Waals surface area contributed by atoms with Gasteiger partial charge in [0.15, 0.2) is 5.69 Å². The van der Waals surface area contributed by atoms with E-state index in [9.17, 15) is 9.59 Å². The van der Waals surface area contributed by atoms with Gasteiger partial charge in [0.05, 0.1) is 12.7 Å². The van der Waals surface area contributed by atoms with Crippen LogP contribution < -0.4 is 5.32 Å². The topological polar surface area (TPSA) is 97.1 Å². The van der Waals surface area contributed by atoms with E-state index in [1.54, 1.807) is 18.2 Å². The van der Waals surface area contributed by atoms with Crippen molar-refractivity contribution in [3.8, 4) is 0 Å². The molecule has 1 heterocycles. The number of aromatic carboxylic acids is 1. The Morgan fingerprint density at radius 2 is 2.14 bits per heavy atom. The predicted molar refractivity (Wildman–Crippen MR) is 78.5 cm³/mol. The lowest BCUT2D eigenvalue weighted by Gasteiger charge is -2.06. The van der Waals surface area contributed by atoms with E-state index in [2.05, 4.69) is 31.6 Å². The number of carboxylic acids is 1. The summed E-state index contributed by atoms with van der Waals surface area (Å²) in [5, 5.41) is 19.0. The molecule has 110 valence electrons. The molecule has 1 aromatic heterocycles. The molecule has 0 bridgehead atoms. The molecule has 0 radical (unpaired) electrons. The van der Waals surface area contributed by atoms with Crippen LogP contribution in [0.25, 0.3) is 0 Å². The van der Waals surface area contributed by atoms with Gasteiger partial charge in [0.1, 0.15) is 0 Å². The van der Waals surface area contributed by atoms with E-state index in [-0.39, 0.29) is 18.1 Å². The zero-order valence-corrected chi connectivity index (χ0v) is 12.9. The van der Waals surface area contributed by atoms with Gasteiger partial charge in [0, 0.05) is 21.6 Å². The summed E-state index contributed by atoms with van der Waals surface area (Å²) in [4.78, 5) is 22.6. The average Bonchev–Trinajstić information content (AvgIpc) is 2.86.